The number of likely N-dealkylation sites (tertiary alicyclic amines) is 1. The number of rotatable bonds is 2. The highest BCUT2D eigenvalue weighted by atomic mass is 16.5. The van der Waals surface area contributed by atoms with E-state index >= 15 is 0 Å². The lowest BCUT2D eigenvalue weighted by atomic mass is 10.1. The third kappa shape index (κ3) is 2.32. The molecule has 30 heavy (non-hydrogen) atoms. The lowest BCUT2D eigenvalue weighted by Gasteiger charge is -2.31. The van der Waals surface area contributed by atoms with Gasteiger partial charge in [-0.25, -0.2) is 4.98 Å². The Balaban J connectivity index is 1.32. The van der Waals surface area contributed by atoms with Gasteiger partial charge in [-0.15, -0.1) is 0 Å². The number of nitrogens with zero attached hydrogens (tertiary/aromatic N) is 4. The minimum atomic E-state index is -0.720. The van der Waals surface area contributed by atoms with Crippen LogP contribution in [0.15, 0.2) is 54.7 Å². The van der Waals surface area contributed by atoms with E-state index in [9.17, 15) is 9.59 Å². The van der Waals surface area contributed by atoms with Crippen molar-refractivity contribution in [1.29, 1.82) is 0 Å². The summed E-state index contributed by atoms with van der Waals surface area (Å²) in [5.41, 5.74) is 2.52. The Kier molecular flexibility index (Phi) is 3.62. The van der Waals surface area contributed by atoms with Crippen molar-refractivity contribution in [3.8, 4) is 0 Å². The standard InChI is InChI=1S/C23H22N4O3/c1-15-6-5-9-20-24-17(13-26(15)20)22(29)25-11-10-23-19(25)12-21(28)27(23)14-18(30-23)16-7-3-2-4-8-16/h2-9,13,18-19H,10-12,14H2,1H3/t18-,19-,23+/m1/s1. The van der Waals surface area contributed by atoms with Crippen LogP contribution in [0.3, 0.4) is 0 Å². The van der Waals surface area contributed by atoms with Gasteiger partial charge in [0.25, 0.3) is 5.91 Å². The number of carbonyl (C=O) groups is 2. The maximum Gasteiger partial charge on any atom is 0.274 e. The minimum absolute atomic E-state index is 0.0572. The van der Waals surface area contributed by atoms with Gasteiger partial charge in [0.05, 0.1) is 19.0 Å². The molecule has 1 spiro atoms. The molecule has 5 heterocycles. The molecule has 2 amide bonds. The molecule has 0 radical (unpaired) electrons. The molecule has 152 valence electrons. The summed E-state index contributed by atoms with van der Waals surface area (Å²) in [4.78, 5) is 34.4. The highest BCUT2D eigenvalue weighted by Crippen LogP contribution is 2.50. The summed E-state index contributed by atoms with van der Waals surface area (Å²) < 4.78 is 8.45. The van der Waals surface area contributed by atoms with Crippen LogP contribution in [0.25, 0.3) is 5.65 Å². The second-order valence-electron chi connectivity index (χ2n) is 8.36. The molecule has 3 aliphatic rings. The summed E-state index contributed by atoms with van der Waals surface area (Å²) in [5.74, 6) is -0.0804. The second kappa shape index (κ2) is 6.15. The average Bonchev–Trinajstić information content (AvgIpc) is 3.49. The fraction of sp³-hybridized carbons (Fsp3) is 0.348. The van der Waals surface area contributed by atoms with E-state index < -0.39 is 5.72 Å². The molecule has 1 aromatic carbocycles. The summed E-state index contributed by atoms with van der Waals surface area (Å²) in [6.07, 6.45) is 2.56. The number of imidazole rings is 1. The van der Waals surface area contributed by atoms with Gasteiger partial charge in [0.15, 0.2) is 5.72 Å². The van der Waals surface area contributed by atoms with Crippen LogP contribution < -0.4 is 0 Å². The van der Waals surface area contributed by atoms with E-state index in [1.165, 1.54) is 0 Å². The van der Waals surface area contributed by atoms with Gasteiger partial charge in [-0.05, 0) is 24.6 Å². The molecule has 3 aliphatic heterocycles. The number of pyridine rings is 1. The van der Waals surface area contributed by atoms with Crippen molar-refractivity contribution in [2.24, 2.45) is 0 Å². The molecule has 0 unspecified atom stereocenters. The largest absolute Gasteiger partial charge is 0.343 e. The van der Waals surface area contributed by atoms with E-state index in [-0.39, 0.29) is 24.0 Å². The van der Waals surface area contributed by atoms with E-state index in [1.54, 1.807) is 11.1 Å². The highest BCUT2D eigenvalue weighted by molar-refractivity contribution is 5.94. The summed E-state index contributed by atoms with van der Waals surface area (Å²) >= 11 is 0. The van der Waals surface area contributed by atoms with E-state index in [4.69, 9.17) is 4.74 Å². The summed E-state index contributed by atoms with van der Waals surface area (Å²) in [7, 11) is 0. The molecule has 3 atom stereocenters. The van der Waals surface area contributed by atoms with Gasteiger partial charge < -0.3 is 18.9 Å². The third-order valence-electron chi connectivity index (χ3n) is 6.78. The minimum Gasteiger partial charge on any atom is -0.343 e. The number of amides is 2. The first-order valence-corrected chi connectivity index (χ1v) is 10.4. The second-order valence-corrected chi connectivity index (χ2v) is 8.36. The lowest BCUT2D eigenvalue weighted by Crippen LogP contribution is -2.48. The zero-order chi connectivity index (χ0) is 20.5. The molecule has 3 fully saturated rings. The first-order valence-electron chi connectivity index (χ1n) is 10.4. The van der Waals surface area contributed by atoms with Crippen LogP contribution in [0, 0.1) is 6.92 Å². The molecular formula is C23H22N4O3. The summed E-state index contributed by atoms with van der Waals surface area (Å²) in [5, 5.41) is 0. The van der Waals surface area contributed by atoms with Crippen molar-refractivity contribution in [2.75, 3.05) is 13.1 Å². The normalized spacial score (nSPS) is 27.7. The van der Waals surface area contributed by atoms with E-state index in [0.717, 1.165) is 16.9 Å². The van der Waals surface area contributed by atoms with Crippen LogP contribution in [-0.4, -0.2) is 55.9 Å². The van der Waals surface area contributed by atoms with E-state index in [1.807, 2.05) is 64.8 Å². The molecule has 7 nitrogen and oxygen atoms in total. The fourth-order valence-electron chi connectivity index (χ4n) is 5.31. The van der Waals surface area contributed by atoms with Crippen molar-refractivity contribution in [2.45, 2.75) is 37.6 Å². The molecule has 0 aliphatic carbocycles. The van der Waals surface area contributed by atoms with Crippen LogP contribution in [0.5, 0.6) is 0 Å². The third-order valence-corrected chi connectivity index (χ3v) is 6.78. The predicted octanol–water partition coefficient (Wildman–Crippen LogP) is 2.56. The molecular weight excluding hydrogens is 380 g/mol. The van der Waals surface area contributed by atoms with Crippen molar-refractivity contribution in [3.05, 3.63) is 71.7 Å². The Bertz CT molecular complexity index is 1170. The first-order chi connectivity index (χ1) is 14.6. The van der Waals surface area contributed by atoms with Crippen molar-refractivity contribution >= 4 is 17.5 Å². The first kappa shape index (κ1) is 17.7. The number of carbonyl (C=O) groups excluding carboxylic acids is 2. The van der Waals surface area contributed by atoms with Crippen molar-refractivity contribution in [3.63, 3.8) is 0 Å². The van der Waals surface area contributed by atoms with E-state index in [2.05, 4.69) is 4.98 Å². The van der Waals surface area contributed by atoms with Gasteiger partial charge in [-0.2, -0.15) is 0 Å². The number of hydrogen-bond acceptors (Lipinski definition) is 4. The topological polar surface area (TPSA) is 67.2 Å². The predicted molar refractivity (Wildman–Crippen MR) is 109 cm³/mol. The Labute approximate surface area is 173 Å². The Morgan fingerprint density at radius 1 is 1.17 bits per heavy atom. The maximum absolute atomic E-state index is 13.4. The lowest BCUT2D eigenvalue weighted by molar-refractivity contribution is -0.138. The van der Waals surface area contributed by atoms with Crippen molar-refractivity contribution < 1.29 is 14.3 Å². The molecule has 0 saturated carbocycles. The monoisotopic (exact) mass is 402 g/mol. The van der Waals surface area contributed by atoms with Crippen LogP contribution >= 0.6 is 0 Å². The zero-order valence-electron chi connectivity index (χ0n) is 16.7. The number of benzene rings is 1. The maximum atomic E-state index is 13.4. The zero-order valence-corrected chi connectivity index (χ0v) is 16.7. The Hall–Kier alpha value is -3.19. The Morgan fingerprint density at radius 2 is 2.00 bits per heavy atom. The SMILES string of the molecule is Cc1cccc2nc(C(=O)N3CC[C@@]45O[C@@H](c6ccccc6)CN4C(=O)C[C@@H]35)cn12. The summed E-state index contributed by atoms with van der Waals surface area (Å²) in [6.45, 7) is 3.08. The number of ether oxygens (including phenoxy) is 1. The number of fused-ring (bicyclic) bond motifs is 1. The van der Waals surface area contributed by atoms with Gasteiger partial charge in [-0.1, -0.05) is 36.4 Å². The molecule has 7 heteroatoms. The number of aromatic nitrogens is 2. The van der Waals surface area contributed by atoms with Crippen LogP contribution in [-0.2, 0) is 9.53 Å². The molecule has 6 rings (SSSR count). The van der Waals surface area contributed by atoms with Crippen molar-refractivity contribution in [1.82, 2.24) is 19.2 Å². The average molecular weight is 402 g/mol. The molecule has 0 N–H and O–H groups in total. The van der Waals surface area contributed by atoms with Gasteiger partial charge in [-0.3, -0.25) is 9.59 Å². The van der Waals surface area contributed by atoms with Crippen LogP contribution in [0.1, 0.15) is 40.7 Å². The van der Waals surface area contributed by atoms with Gasteiger partial charge >= 0.3 is 0 Å². The van der Waals surface area contributed by atoms with Gasteiger partial charge in [0.1, 0.15) is 17.4 Å². The van der Waals surface area contributed by atoms with Gasteiger partial charge in [0, 0.05) is 24.9 Å². The smallest absolute Gasteiger partial charge is 0.274 e. The molecule has 3 aromatic rings. The highest BCUT2D eigenvalue weighted by Gasteiger charge is 2.65. The molecule has 2 aromatic heterocycles. The molecule has 3 saturated heterocycles. The quantitative estimate of drug-likeness (QED) is 0.661. The van der Waals surface area contributed by atoms with Crippen LogP contribution in [0.4, 0.5) is 0 Å². The number of hydrogen-bond donors (Lipinski definition) is 0. The summed E-state index contributed by atoms with van der Waals surface area (Å²) in [6, 6.07) is 15.5. The van der Waals surface area contributed by atoms with E-state index in [0.29, 0.717) is 31.6 Å². The van der Waals surface area contributed by atoms with Crippen LogP contribution in [0.2, 0.25) is 0 Å². The molecule has 0 bridgehead atoms. The van der Waals surface area contributed by atoms with Gasteiger partial charge in [0.2, 0.25) is 5.91 Å². The fourth-order valence-corrected chi connectivity index (χ4v) is 5.31. The number of aryl methyl sites for hydroxylation is 1. The Morgan fingerprint density at radius 3 is 2.80 bits per heavy atom.